The fourth-order valence-electron chi connectivity index (χ4n) is 2.41. The average molecular weight is 284 g/mol. The Morgan fingerprint density at radius 3 is 1.81 bits per heavy atom. The summed E-state index contributed by atoms with van der Waals surface area (Å²) in [6.45, 7) is 2.09. The van der Waals surface area contributed by atoms with Gasteiger partial charge in [0.15, 0.2) is 0 Å². The van der Waals surface area contributed by atoms with E-state index in [1.807, 2.05) is 48.5 Å². The summed E-state index contributed by atoms with van der Waals surface area (Å²) < 4.78 is 0. The molecule has 0 radical (unpaired) electrons. The molecule has 0 saturated carbocycles. The van der Waals surface area contributed by atoms with E-state index in [1.54, 1.807) is 12.1 Å². The van der Waals surface area contributed by atoms with Crippen LogP contribution in [0, 0.1) is 10.1 Å². The van der Waals surface area contributed by atoms with Crippen molar-refractivity contribution in [1.82, 2.24) is 5.32 Å². The zero-order valence-electron chi connectivity index (χ0n) is 11.9. The van der Waals surface area contributed by atoms with Gasteiger partial charge in [0.25, 0.3) is 5.69 Å². The Hall–Kier alpha value is -2.20. The van der Waals surface area contributed by atoms with Gasteiger partial charge in [-0.25, -0.2) is 0 Å². The number of nitrogens with one attached hydrogen (secondary N) is 1. The Morgan fingerprint density at radius 1 is 0.905 bits per heavy atom. The second-order valence-electron chi connectivity index (χ2n) is 5.03. The van der Waals surface area contributed by atoms with Crippen LogP contribution in [0.3, 0.4) is 0 Å². The number of hydrogen-bond acceptors (Lipinski definition) is 3. The zero-order chi connectivity index (χ0) is 14.9. The molecule has 2 aromatic carbocycles. The Kier molecular flexibility index (Phi) is 5.91. The number of hydrogen-bond donors (Lipinski definition) is 1. The van der Waals surface area contributed by atoms with Crippen molar-refractivity contribution in [2.24, 2.45) is 0 Å². The number of piperidine rings is 1. The summed E-state index contributed by atoms with van der Waals surface area (Å²) in [5, 5.41) is 13.8. The van der Waals surface area contributed by atoms with Crippen LogP contribution in [0.15, 0.2) is 60.7 Å². The summed E-state index contributed by atoms with van der Waals surface area (Å²) in [7, 11) is 0. The van der Waals surface area contributed by atoms with Crippen molar-refractivity contribution in [1.29, 1.82) is 0 Å². The third kappa shape index (κ3) is 5.00. The summed E-state index contributed by atoms with van der Waals surface area (Å²) in [5.74, 6) is 0.562. The first-order valence-corrected chi connectivity index (χ1v) is 7.22. The normalized spacial score (nSPS) is 14.9. The number of benzene rings is 2. The lowest BCUT2D eigenvalue weighted by Gasteiger charge is -2.22. The number of rotatable bonds is 2. The molecule has 1 saturated heterocycles. The highest BCUT2D eigenvalue weighted by Crippen LogP contribution is 2.26. The molecule has 110 valence electrons. The van der Waals surface area contributed by atoms with Gasteiger partial charge in [-0.3, -0.25) is 10.1 Å². The largest absolute Gasteiger partial charge is 0.317 e. The molecular weight excluding hydrogens is 264 g/mol. The highest BCUT2D eigenvalue weighted by molar-refractivity contribution is 5.34. The van der Waals surface area contributed by atoms with E-state index in [2.05, 4.69) is 5.32 Å². The lowest BCUT2D eigenvalue weighted by molar-refractivity contribution is -0.384. The van der Waals surface area contributed by atoms with Crippen molar-refractivity contribution in [2.75, 3.05) is 13.1 Å². The topological polar surface area (TPSA) is 55.2 Å². The van der Waals surface area contributed by atoms with Gasteiger partial charge >= 0.3 is 0 Å². The van der Waals surface area contributed by atoms with Crippen LogP contribution in [0.2, 0.25) is 0 Å². The Labute approximate surface area is 125 Å². The molecule has 0 spiro atoms. The molecule has 4 nitrogen and oxygen atoms in total. The van der Waals surface area contributed by atoms with Gasteiger partial charge in [0.1, 0.15) is 0 Å². The van der Waals surface area contributed by atoms with Gasteiger partial charge in [-0.15, -0.1) is 0 Å². The molecule has 1 heterocycles. The summed E-state index contributed by atoms with van der Waals surface area (Å²) in [4.78, 5) is 10.1. The van der Waals surface area contributed by atoms with E-state index < -0.39 is 0 Å². The first kappa shape index (κ1) is 15.2. The van der Waals surface area contributed by atoms with Gasteiger partial charge in [0.2, 0.25) is 0 Å². The zero-order valence-corrected chi connectivity index (χ0v) is 11.9. The van der Waals surface area contributed by atoms with Gasteiger partial charge < -0.3 is 5.32 Å². The van der Waals surface area contributed by atoms with Crippen molar-refractivity contribution < 1.29 is 4.92 Å². The second-order valence-corrected chi connectivity index (χ2v) is 5.03. The maximum absolute atomic E-state index is 10.5. The highest BCUT2D eigenvalue weighted by atomic mass is 16.6. The van der Waals surface area contributed by atoms with Gasteiger partial charge in [-0.05, 0) is 37.4 Å². The molecule has 0 unspecified atom stereocenters. The summed E-state index contributed by atoms with van der Waals surface area (Å²) in [6, 6.07) is 19.0. The first-order chi connectivity index (χ1) is 10.3. The molecule has 0 aliphatic carbocycles. The maximum Gasteiger partial charge on any atom is 0.269 e. The second kappa shape index (κ2) is 8.17. The first-order valence-electron chi connectivity index (χ1n) is 7.22. The predicted octanol–water partition coefficient (Wildman–Crippen LogP) is 3.75. The molecule has 0 aromatic heterocycles. The van der Waals surface area contributed by atoms with E-state index in [0.717, 1.165) is 25.9 Å². The third-order valence-electron chi connectivity index (χ3n) is 3.58. The lowest BCUT2D eigenvalue weighted by atomic mass is 9.90. The van der Waals surface area contributed by atoms with E-state index in [1.165, 1.54) is 5.56 Å². The maximum atomic E-state index is 10.5. The SMILES string of the molecule is O=[N+]([O-])c1ccc(C2CCNCC2)cc1.c1ccccc1. The van der Waals surface area contributed by atoms with Crippen molar-refractivity contribution in [3.05, 3.63) is 76.3 Å². The van der Waals surface area contributed by atoms with E-state index >= 15 is 0 Å². The van der Waals surface area contributed by atoms with Gasteiger partial charge in [-0.2, -0.15) is 0 Å². The molecule has 4 heteroatoms. The molecule has 0 atom stereocenters. The van der Waals surface area contributed by atoms with Crippen molar-refractivity contribution >= 4 is 5.69 Å². The predicted molar refractivity (Wildman–Crippen MR) is 84.4 cm³/mol. The Balaban J connectivity index is 0.000000225. The number of non-ortho nitro benzene ring substituents is 1. The molecule has 1 fully saturated rings. The van der Waals surface area contributed by atoms with Crippen LogP contribution < -0.4 is 5.32 Å². The molecule has 1 aliphatic heterocycles. The van der Waals surface area contributed by atoms with Gasteiger partial charge in [0, 0.05) is 12.1 Å². The van der Waals surface area contributed by atoms with Crippen LogP contribution in [-0.4, -0.2) is 18.0 Å². The third-order valence-corrected chi connectivity index (χ3v) is 3.58. The van der Waals surface area contributed by atoms with Crippen molar-refractivity contribution in [3.8, 4) is 0 Å². The van der Waals surface area contributed by atoms with E-state index in [0.29, 0.717) is 5.92 Å². The van der Waals surface area contributed by atoms with Gasteiger partial charge in [0.05, 0.1) is 4.92 Å². The average Bonchev–Trinajstić information content (AvgIpc) is 2.58. The summed E-state index contributed by atoms with van der Waals surface area (Å²) in [6.07, 6.45) is 2.25. The molecular formula is C17H20N2O2. The van der Waals surface area contributed by atoms with Crippen LogP contribution in [0.4, 0.5) is 5.69 Å². The molecule has 1 N–H and O–H groups in total. The van der Waals surface area contributed by atoms with Crippen LogP contribution in [0.5, 0.6) is 0 Å². The van der Waals surface area contributed by atoms with Crippen molar-refractivity contribution in [3.63, 3.8) is 0 Å². The monoisotopic (exact) mass is 284 g/mol. The minimum atomic E-state index is -0.355. The minimum Gasteiger partial charge on any atom is -0.317 e. The molecule has 21 heavy (non-hydrogen) atoms. The smallest absolute Gasteiger partial charge is 0.269 e. The fraction of sp³-hybridized carbons (Fsp3) is 0.294. The number of nitro groups is 1. The standard InChI is InChI=1S/C11H14N2O2.C6H6/c14-13(15)11-3-1-9(2-4-11)10-5-7-12-8-6-10;1-2-4-6-5-3-1/h1-4,10,12H,5-8H2;1-6H. The Morgan fingerprint density at radius 2 is 1.38 bits per heavy atom. The lowest BCUT2D eigenvalue weighted by Crippen LogP contribution is -2.26. The Bertz CT molecular complexity index is 508. The van der Waals surface area contributed by atoms with Crippen LogP contribution >= 0.6 is 0 Å². The molecule has 3 rings (SSSR count). The van der Waals surface area contributed by atoms with Crippen molar-refractivity contribution in [2.45, 2.75) is 18.8 Å². The van der Waals surface area contributed by atoms with E-state index in [-0.39, 0.29) is 10.6 Å². The van der Waals surface area contributed by atoms with Crippen LogP contribution in [-0.2, 0) is 0 Å². The van der Waals surface area contributed by atoms with E-state index in [4.69, 9.17) is 0 Å². The van der Waals surface area contributed by atoms with Crippen LogP contribution in [0.1, 0.15) is 24.3 Å². The number of nitrogens with zero attached hydrogens (tertiary/aromatic N) is 1. The molecule has 0 bridgehead atoms. The molecule has 0 amide bonds. The quantitative estimate of drug-likeness (QED) is 0.675. The van der Waals surface area contributed by atoms with E-state index in [9.17, 15) is 10.1 Å². The highest BCUT2D eigenvalue weighted by Gasteiger charge is 2.15. The van der Waals surface area contributed by atoms with Gasteiger partial charge in [-0.1, -0.05) is 48.5 Å². The fourth-order valence-corrected chi connectivity index (χ4v) is 2.41. The minimum absolute atomic E-state index is 0.174. The number of nitro benzene ring substituents is 1. The van der Waals surface area contributed by atoms with Crippen LogP contribution in [0.25, 0.3) is 0 Å². The summed E-state index contributed by atoms with van der Waals surface area (Å²) in [5.41, 5.74) is 1.40. The molecule has 2 aromatic rings. The molecule has 1 aliphatic rings. The summed E-state index contributed by atoms with van der Waals surface area (Å²) >= 11 is 0.